The van der Waals surface area contributed by atoms with Crippen molar-refractivity contribution in [3.63, 3.8) is 0 Å². The summed E-state index contributed by atoms with van der Waals surface area (Å²) >= 11 is 0. The summed E-state index contributed by atoms with van der Waals surface area (Å²) in [5.74, 6) is 3.44. The summed E-state index contributed by atoms with van der Waals surface area (Å²) in [4.78, 5) is 0.208. The van der Waals surface area contributed by atoms with E-state index in [0.29, 0.717) is 23.8 Å². The average Bonchev–Trinajstić information content (AvgIpc) is 3.30. The first-order valence-corrected chi connectivity index (χ1v) is 8.27. The third-order valence-corrected chi connectivity index (χ3v) is 5.34. The van der Waals surface area contributed by atoms with Crippen LogP contribution < -0.4 is 10.5 Å². The first-order valence-electron chi connectivity index (χ1n) is 6.83. The minimum atomic E-state index is -3.60. The Morgan fingerprint density at radius 3 is 2.71 bits per heavy atom. The van der Waals surface area contributed by atoms with Gasteiger partial charge in [0.1, 0.15) is 5.75 Å². The van der Waals surface area contributed by atoms with Crippen molar-refractivity contribution in [2.75, 3.05) is 20.2 Å². The minimum absolute atomic E-state index is 0.0861. The number of rotatable bonds is 7. The molecular weight excluding hydrogens is 288 g/mol. The SMILES string of the molecule is C#CCN(CC1CC1)S(=O)(=O)c1ccc(OC)c(CN)c1. The number of methoxy groups -OCH3 is 1. The largest absolute Gasteiger partial charge is 0.496 e. The molecule has 114 valence electrons. The molecule has 0 bridgehead atoms. The van der Waals surface area contributed by atoms with Gasteiger partial charge in [-0.2, -0.15) is 4.31 Å². The van der Waals surface area contributed by atoms with Crippen LogP contribution >= 0.6 is 0 Å². The van der Waals surface area contributed by atoms with Crippen molar-refractivity contribution in [3.05, 3.63) is 23.8 Å². The Balaban J connectivity index is 2.34. The maximum Gasteiger partial charge on any atom is 0.243 e. The molecular formula is C15H20N2O3S. The zero-order valence-electron chi connectivity index (χ0n) is 12.1. The van der Waals surface area contributed by atoms with Crippen molar-refractivity contribution < 1.29 is 13.2 Å². The Labute approximate surface area is 126 Å². The van der Waals surface area contributed by atoms with E-state index in [1.807, 2.05) is 0 Å². The van der Waals surface area contributed by atoms with E-state index in [2.05, 4.69) is 5.92 Å². The molecule has 1 aromatic carbocycles. The lowest BCUT2D eigenvalue weighted by Crippen LogP contribution is -2.33. The molecule has 0 heterocycles. The van der Waals surface area contributed by atoms with Gasteiger partial charge in [0.25, 0.3) is 0 Å². The lowest BCUT2D eigenvalue weighted by Gasteiger charge is -2.20. The maximum absolute atomic E-state index is 12.7. The number of nitrogens with zero attached hydrogens (tertiary/aromatic N) is 1. The quantitative estimate of drug-likeness (QED) is 0.768. The van der Waals surface area contributed by atoms with Crippen LogP contribution in [0.25, 0.3) is 0 Å². The second kappa shape index (κ2) is 6.48. The van der Waals surface area contributed by atoms with Crippen LogP contribution in [0.15, 0.2) is 23.1 Å². The molecule has 1 fully saturated rings. The highest BCUT2D eigenvalue weighted by atomic mass is 32.2. The third kappa shape index (κ3) is 3.56. The highest BCUT2D eigenvalue weighted by molar-refractivity contribution is 7.89. The lowest BCUT2D eigenvalue weighted by atomic mass is 10.2. The third-order valence-electron chi connectivity index (χ3n) is 3.54. The molecule has 6 heteroatoms. The molecule has 0 saturated heterocycles. The van der Waals surface area contributed by atoms with Crippen molar-refractivity contribution in [1.82, 2.24) is 4.31 Å². The second-order valence-corrected chi connectivity index (χ2v) is 7.06. The molecule has 0 spiro atoms. The van der Waals surface area contributed by atoms with Gasteiger partial charge >= 0.3 is 0 Å². The molecule has 21 heavy (non-hydrogen) atoms. The van der Waals surface area contributed by atoms with Gasteiger partial charge in [0.15, 0.2) is 0 Å². The van der Waals surface area contributed by atoms with Crippen molar-refractivity contribution in [1.29, 1.82) is 0 Å². The molecule has 1 aromatic rings. The number of ether oxygens (including phenoxy) is 1. The molecule has 0 unspecified atom stereocenters. The van der Waals surface area contributed by atoms with Crippen LogP contribution in [-0.2, 0) is 16.6 Å². The summed E-state index contributed by atoms with van der Waals surface area (Å²) < 4.78 is 31.9. The van der Waals surface area contributed by atoms with Gasteiger partial charge in [-0.1, -0.05) is 5.92 Å². The molecule has 2 rings (SSSR count). The van der Waals surface area contributed by atoms with Crippen molar-refractivity contribution >= 4 is 10.0 Å². The van der Waals surface area contributed by atoms with E-state index < -0.39 is 10.0 Å². The molecule has 5 nitrogen and oxygen atoms in total. The van der Waals surface area contributed by atoms with E-state index in [1.165, 1.54) is 17.5 Å². The molecule has 1 saturated carbocycles. The van der Waals surface area contributed by atoms with E-state index in [1.54, 1.807) is 12.1 Å². The van der Waals surface area contributed by atoms with Gasteiger partial charge in [-0.3, -0.25) is 0 Å². The summed E-state index contributed by atoms with van der Waals surface area (Å²) in [5, 5.41) is 0. The Kier molecular flexibility index (Phi) is 4.88. The summed E-state index contributed by atoms with van der Waals surface area (Å²) in [6.07, 6.45) is 7.43. The summed E-state index contributed by atoms with van der Waals surface area (Å²) in [6.45, 7) is 0.781. The van der Waals surface area contributed by atoms with Crippen LogP contribution in [-0.4, -0.2) is 32.9 Å². The number of hydrogen-bond donors (Lipinski definition) is 1. The molecule has 1 aliphatic carbocycles. The van der Waals surface area contributed by atoms with Gasteiger partial charge in [-0.25, -0.2) is 8.42 Å². The first kappa shape index (κ1) is 15.8. The number of hydrogen-bond acceptors (Lipinski definition) is 4. The van der Waals surface area contributed by atoms with Gasteiger partial charge in [0.2, 0.25) is 10.0 Å². The summed E-state index contributed by atoms with van der Waals surface area (Å²) in [7, 11) is -2.07. The van der Waals surface area contributed by atoms with Crippen LogP contribution in [0.1, 0.15) is 18.4 Å². The second-order valence-electron chi connectivity index (χ2n) is 5.12. The molecule has 0 radical (unpaired) electrons. The van der Waals surface area contributed by atoms with Gasteiger partial charge in [-0.15, -0.1) is 6.42 Å². The fourth-order valence-corrected chi connectivity index (χ4v) is 3.64. The Morgan fingerprint density at radius 1 is 1.48 bits per heavy atom. The van der Waals surface area contributed by atoms with Crippen molar-refractivity contribution in [2.24, 2.45) is 11.7 Å². The van der Waals surface area contributed by atoms with Crippen LogP contribution in [0.4, 0.5) is 0 Å². The highest BCUT2D eigenvalue weighted by Gasteiger charge is 2.31. The smallest absolute Gasteiger partial charge is 0.243 e. The maximum atomic E-state index is 12.7. The zero-order valence-corrected chi connectivity index (χ0v) is 12.9. The van der Waals surface area contributed by atoms with Crippen LogP contribution in [0.5, 0.6) is 5.75 Å². The number of sulfonamides is 1. The fourth-order valence-electron chi connectivity index (χ4n) is 2.16. The average molecular weight is 308 g/mol. The van der Waals surface area contributed by atoms with Crippen LogP contribution in [0.3, 0.4) is 0 Å². The van der Waals surface area contributed by atoms with Crippen molar-refractivity contribution in [2.45, 2.75) is 24.3 Å². The highest BCUT2D eigenvalue weighted by Crippen LogP contribution is 2.32. The molecule has 0 aromatic heterocycles. The molecule has 0 aliphatic heterocycles. The molecule has 0 amide bonds. The van der Waals surface area contributed by atoms with E-state index in [4.69, 9.17) is 16.9 Å². The monoisotopic (exact) mass is 308 g/mol. The Hall–Kier alpha value is -1.55. The minimum Gasteiger partial charge on any atom is -0.496 e. The van der Waals surface area contributed by atoms with Gasteiger partial charge < -0.3 is 10.5 Å². The zero-order chi connectivity index (χ0) is 15.5. The number of terminal acetylenes is 1. The van der Waals surface area contributed by atoms with Gasteiger partial charge in [0, 0.05) is 18.7 Å². The molecule has 2 N–H and O–H groups in total. The topological polar surface area (TPSA) is 72.6 Å². The Morgan fingerprint density at radius 2 is 2.19 bits per heavy atom. The molecule has 0 atom stereocenters. The summed E-state index contributed by atoms with van der Waals surface area (Å²) in [6, 6.07) is 4.72. The Bertz CT molecular complexity index is 645. The van der Waals surface area contributed by atoms with Gasteiger partial charge in [0.05, 0.1) is 18.6 Å². The van der Waals surface area contributed by atoms with E-state index >= 15 is 0 Å². The van der Waals surface area contributed by atoms with E-state index in [0.717, 1.165) is 12.8 Å². The predicted molar refractivity (Wildman–Crippen MR) is 81.2 cm³/mol. The first-order chi connectivity index (χ1) is 10.0. The number of nitrogens with two attached hydrogens (primary N) is 1. The molecule has 1 aliphatic rings. The van der Waals surface area contributed by atoms with Crippen LogP contribution in [0, 0.1) is 18.3 Å². The van der Waals surface area contributed by atoms with Crippen LogP contribution in [0.2, 0.25) is 0 Å². The van der Waals surface area contributed by atoms with Crippen molar-refractivity contribution in [3.8, 4) is 18.1 Å². The fraction of sp³-hybridized carbons (Fsp3) is 0.467. The predicted octanol–water partition coefficient (Wildman–Crippen LogP) is 1.19. The standard InChI is InChI=1S/C15H20N2O3S/c1-3-8-17(11-12-4-5-12)21(18,19)14-6-7-15(20-2)13(9-14)10-16/h1,6-7,9,12H,4-5,8,10-11,16H2,2H3. The van der Waals surface area contributed by atoms with E-state index in [9.17, 15) is 8.42 Å². The van der Waals surface area contributed by atoms with Gasteiger partial charge in [-0.05, 0) is 37.0 Å². The number of benzene rings is 1. The normalized spacial score (nSPS) is 15.0. The summed E-state index contributed by atoms with van der Waals surface area (Å²) in [5.41, 5.74) is 6.30. The lowest BCUT2D eigenvalue weighted by molar-refractivity contribution is 0.408. The van der Waals surface area contributed by atoms with E-state index in [-0.39, 0.29) is 18.0 Å².